The number of aromatic nitrogens is 1. The molecule has 0 bridgehead atoms. The Morgan fingerprint density at radius 3 is 2.32 bits per heavy atom. The first-order valence-electron chi connectivity index (χ1n) is 8.84. The highest BCUT2D eigenvalue weighted by atomic mass is 16.2. The smallest absolute Gasteiger partial charge is 0.245 e. The van der Waals surface area contributed by atoms with Crippen LogP contribution in [0.15, 0.2) is 6.07 Å². The van der Waals surface area contributed by atoms with E-state index in [1.54, 1.807) is 4.90 Å². The molecule has 1 aromatic rings. The van der Waals surface area contributed by atoms with Crippen LogP contribution < -0.4 is 5.32 Å². The SMILES string of the molecule is Cc1cc(CC(=O)N2CCN(C(=O)C3CCC(=O)N3)CC2)c(C)n1C. The fourth-order valence-electron chi connectivity index (χ4n) is 3.58. The van der Waals surface area contributed by atoms with Gasteiger partial charge in [-0.1, -0.05) is 0 Å². The fourth-order valence-corrected chi connectivity index (χ4v) is 3.58. The third-order valence-electron chi connectivity index (χ3n) is 5.46. The Morgan fingerprint density at radius 1 is 1.16 bits per heavy atom. The molecule has 2 aliphatic rings. The lowest BCUT2D eigenvalue weighted by molar-refractivity contribution is -0.140. The van der Waals surface area contributed by atoms with Crippen molar-refractivity contribution in [1.29, 1.82) is 0 Å². The van der Waals surface area contributed by atoms with Crippen molar-refractivity contribution >= 4 is 17.7 Å². The summed E-state index contributed by atoms with van der Waals surface area (Å²) in [7, 11) is 2.00. The molecule has 136 valence electrons. The summed E-state index contributed by atoms with van der Waals surface area (Å²) in [5.41, 5.74) is 3.34. The molecule has 0 radical (unpaired) electrons. The van der Waals surface area contributed by atoms with E-state index in [-0.39, 0.29) is 23.8 Å². The normalized spacial score (nSPS) is 20.8. The number of nitrogens with zero attached hydrogens (tertiary/aromatic N) is 3. The molecule has 1 atom stereocenters. The Kier molecular flexibility index (Phi) is 4.83. The number of hydrogen-bond donors (Lipinski definition) is 1. The first-order valence-corrected chi connectivity index (χ1v) is 8.84. The van der Waals surface area contributed by atoms with Crippen molar-refractivity contribution < 1.29 is 14.4 Å². The minimum atomic E-state index is -0.385. The van der Waals surface area contributed by atoms with Gasteiger partial charge in [-0.3, -0.25) is 14.4 Å². The highest BCUT2D eigenvalue weighted by Gasteiger charge is 2.33. The molecule has 0 spiro atoms. The van der Waals surface area contributed by atoms with Gasteiger partial charge in [-0.25, -0.2) is 0 Å². The minimum Gasteiger partial charge on any atom is -0.352 e. The van der Waals surface area contributed by atoms with E-state index in [1.807, 2.05) is 25.8 Å². The van der Waals surface area contributed by atoms with E-state index in [9.17, 15) is 14.4 Å². The zero-order valence-electron chi connectivity index (χ0n) is 15.2. The van der Waals surface area contributed by atoms with Crippen LogP contribution >= 0.6 is 0 Å². The summed E-state index contributed by atoms with van der Waals surface area (Å²) >= 11 is 0. The van der Waals surface area contributed by atoms with E-state index < -0.39 is 0 Å². The molecule has 0 saturated carbocycles. The number of amides is 3. The Bertz CT molecular complexity index is 701. The van der Waals surface area contributed by atoms with Crippen LogP contribution in [0.1, 0.15) is 29.8 Å². The molecule has 3 amide bonds. The highest BCUT2D eigenvalue weighted by molar-refractivity contribution is 5.91. The molecule has 25 heavy (non-hydrogen) atoms. The molecule has 1 aromatic heterocycles. The molecule has 7 heteroatoms. The number of carbonyl (C=O) groups excluding carboxylic acids is 3. The van der Waals surface area contributed by atoms with Gasteiger partial charge in [-0.15, -0.1) is 0 Å². The molecule has 3 rings (SSSR count). The molecule has 2 fully saturated rings. The lowest BCUT2D eigenvalue weighted by Crippen LogP contribution is -2.54. The predicted octanol–water partition coefficient (Wildman–Crippen LogP) is 0.134. The Labute approximate surface area is 148 Å². The summed E-state index contributed by atoms with van der Waals surface area (Å²) in [4.78, 5) is 39.8. The topological polar surface area (TPSA) is 74.7 Å². The standard InChI is InChI=1S/C18H26N4O3/c1-12-10-14(13(2)20(12)3)11-17(24)21-6-8-22(9-7-21)18(25)15-4-5-16(23)19-15/h10,15H,4-9,11H2,1-3H3,(H,19,23). The van der Waals surface area contributed by atoms with Gasteiger partial charge in [0.2, 0.25) is 17.7 Å². The van der Waals surface area contributed by atoms with Crippen molar-refractivity contribution in [2.45, 2.75) is 39.2 Å². The lowest BCUT2D eigenvalue weighted by Gasteiger charge is -2.36. The zero-order valence-corrected chi connectivity index (χ0v) is 15.2. The van der Waals surface area contributed by atoms with E-state index >= 15 is 0 Å². The van der Waals surface area contributed by atoms with Gasteiger partial charge in [0.15, 0.2) is 0 Å². The first-order chi connectivity index (χ1) is 11.9. The molecule has 2 saturated heterocycles. The maximum absolute atomic E-state index is 12.6. The predicted molar refractivity (Wildman–Crippen MR) is 92.9 cm³/mol. The van der Waals surface area contributed by atoms with Crippen LogP contribution in [0.4, 0.5) is 0 Å². The third kappa shape index (κ3) is 3.55. The summed E-state index contributed by atoms with van der Waals surface area (Å²) in [5.74, 6) is 0.0307. The van der Waals surface area contributed by atoms with Crippen molar-refractivity contribution in [3.63, 3.8) is 0 Å². The molecular weight excluding hydrogens is 320 g/mol. The molecule has 1 unspecified atom stereocenters. The number of nitrogens with one attached hydrogen (secondary N) is 1. The van der Waals surface area contributed by atoms with Crippen molar-refractivity contribution in [3.8, 4) is 0 Å². The van der Waals surface area contributed by atoms with Gasteiger partial charge in [0, 0.05) is 51.0 Å². The van der Waals surface area contributed by atoms with Crippen LogP contribution in [-0.2, 0) is 27.9 Å². The Hall–Kier alpha value is -2.31. The van der Waals surface area contributed by atoms with Gasteiger partial charge in [0.25, 0.3) is 0 Å². The maximum Gasteiger partial charge on any atom is 0.245 e. The number of hydrogen-bond acceptors (Lipinski definition) is 3. The second-order valence-corrected chi connectivity index (χ2v) is 7.00. The molecule has 1 N–H and O–H groups in total. The summed E-state index contributed by atoms with van der Waals surface area (Å²) < 4.78 is 2.09. The van der Waals surface area contributed by atoms with Gasteiger partial charge >= 0.3 is 0 Å². The number of aryl methyl sites for hydroxylation is 1. The number of piperazine rings is 1. The van der Waals surface area contributed by atoms with Crippen molar-refractivity contribution in [2.75, 3.05) is 26.2 Å². The molecule has 0 aliphatic carbocycles. The lowest BCUT2D eigenvalue weighted by atomic mass is 10.1. The maximum atomic E-state index is 12.6. The quantitative estimate of drug-likeness (QED) is 0.846. The van der Waals surface area contributed by atoms with E-state index in [0.717, 1.165) is 17.0 Å². The van der Waals surface area contributed by atoms with E-state index in [0.29, 0.717) is 45.4 Å². The van der Waals surface area contributed by atoms with Crippen LogP contribution in [0.5, 0.6) is 0 Å². The fraction of sp³-hybridized carbons (Fsp3) is 0.611. The van der Waals surface area contributed by atoms with E-state index in [1.165, 1.54) is 0 Å². The molecule has 3 heterocycles. The minimum absolute atomic E-state index is 0.0209. The van der Waals surface area contributed by atoms with Crippen LogP contribution in [0, 0.1) is 13.8 Å². The van der Waals surface area contributed by atoms with Gasteiger partial charge in [-0.2, -0.15) is 0 Å². The average molecular weight is 346 g/mol. The van der Waals surface area contributed by atoms with Crippen molar-refractivity contribution in [3.05, 3.63) is 23.0 Å². The van der Waals surface area contributed by atoms with Crippen molar-refractivity contribution in [1.82, 2.24) is 19.7 Å². The second kappa shape index (κ2) is 6.90. The van der Waals surface area contributed by atoms with Gasteiger partial charge in [-0.05, 0) is 31.9 Å². The third-order valence-corrected chi connectivity index (χ3v) is 5.46. The van der Waals surface area contributed by atoms with Crippen LogP contribution in [-0.4, -0.2) is 64.3 Å². The summed E-state index contributed by atoms with van der Waals surface area (Å²) in [6, 6.07) is 1.68. The average Bonchev–Trinajstić information content (AvgIpc) is 3.14. The summed E-state index contributed by atoms with van der Waals surface area (Å²) in [6.07, 6.45) is 1.40. The molecule has 7 nitrogen and oxygen atoms in total. The van der Waals surface area contributed by atoms with Gasteiger partial charge in [0.1, 0.15) is 6.04 Å². The largest absolute Gasteiger partial charge is 0.352 e. The molecule has 0 aromatic carbocycles. The van der Waals surface area contributed by atoms with Gasteiger partial charge in [0.05, 0.1) is 6.42 Å². The number of rotatable bonds is 3. The van der Waals surface area contributed by atoms with E-state index in [4.69, 9.17) is 0 Å². The zero-order chi connectivity index (χ0) is 18.1. The van der Waals surface area contributed by atoms with Crippen LogP contribution in [0.25, 0.3) is 0 Å². The van der Waals surface area contributed by atoms with Gasteiger partial charge < -0.3 is 19.7 Å². The van der Waals surface area contributed by atoms with Crippen LogP contribution in [0.2, 0.25) is 0 Å². The van der Waals surface area contributed by atoms with Crippen molar-refractivity contribution in [2.24, 2.45) is 7.05 Å². The summed E-state index contributed by atoms with van der Waals surface area (Å²) in [5, 5.41) is 2.72. The molecular formula is C18H26N4O3. The summed E-state index contributed by atoms with van der Waals surface area (Å²) in [6.45, 7) is 6.23. The highest BCUT2D eigenvalue weighted by Crippen LogP contribution is 2.16. The van der Waals surface area contributed by atoms with Crippen LogP contribution in [0.3, 0.4) is 0 Å². The molecule has 2 aliphatic heterocycles. The Balaban J connectivity index is 1.53. The Morgan fingerprint density at radius 2 is 1.80 bits per heavy atom. The second-order valence-electron chi connectivity index (χ2n) is 7.00. The number of carbonyl (C=O) groups is 3. The first kappa shape index (κ1) is 17.5. The van der Waals surface area contributed by atoms with E-state index in [2.05, 4.69) is 16.0 Å². The monoisotopic (exact) mass is 346 g/mol.